The largest absolute Gasteiger partial charge is 0.342 e. The molecule has 1 aliphatic heterocycles. The average Bonchev–Trinajstić information content (AvgIpc) is 2.94. The molecule has 0 aromatic heterocycles. The predicted molar refractivity (Wildman–Crippen MR) is 152 cm³/mol. The van der Waals surface area contributed by atoms with Gasteiger partial charge in [0.1, 0.15) is 24.2 Å². The normalized spacial score (nSPS) is 24.1. The second kappa shape index (κ2) is 13.4. The van der Waals surface area contributed by atoms with Gasteiger partial charge in [-0.15, -0.1) is 0 Å². The average molecular weight is 535 g/mol. The monoisotopic (exact) mass is 534 g/mol. The summed E-state index contributed by atoms with van der Waals surface area (Å²) in [5, 5.41) is 5.91. The fraction of sp³-hybridized carbons (Fsp3) is 0.484. The van der Waals surface area contributed by atoms with Crippen LogP contribution in [0.2, 0.25) is 0 Å². The number of nitrogens with zero attached hydrogens (tertiary/aromatic N) is 2. The van der Waals surface area contributed by atoms with E-state index < -0.39 is 36.0 Å². The zero-order valence-electron chi connectivity index (χ0n) is 23.9. The predicted octanol–water partition coefficient (Wildman–Crippen LogP) is 2.81. The molecule has 0 spiro atoms. The van der Waals surface area contributed by atoms with Crippen LogP contribution in [-0.4, -0.2) is 71.7 Å². The van der Waals surface area contributed by atoms with Gasteiger partial charge in [-0.25, -0.2) is 0 Å². The van der Waals surface area contributed by atoms with Crippen molar-refractivity contribution in [3.63, 3.8) is 0 Å². The number of nitrogens with one attached hydrogen (secondary N) is 2. The van der Waals surface area contributed by atoms with E-state index >= 15 is 0 Å². The number of likely N-dealkylation sites (N-methyl/N-ethyl adjacent to an activating group) is 2. The van der Waals surface area contributed by atoms with Crippen LogP contribution in [0.3, 0.4) is 0 Å². The van der Waals surface area contributed by atoms with E-state index in [1.54, 1.807) is 14.1 Å². The van der Waals surface area contributed by atoms with Gasteiger partial charge in [-0.3, -0.25) is 19.2 Å². The fourth-order valence-corrected chi connectivity index (χ4v) is 4.93. The van der Waals surface area contributed by atoms with Crippen LogP contribution < -0.4 is 10.6 Å². The Kier molecular flexibility index (Phi) is 10.3. The highest BCUT2D eigenvalue weighted by Gasteiger charge is 2.41. The van der Waals surface area contributed by atoms with Crippen molar-refractivity contribution in [2.75, 3.05) is 14.1 Å². The molecule has 4 amide bonds. The maximum Gasteiger partial charge on any atom is 0.245 e. The Morgan fingerprint density at radius 2 is 1.05 bits per heavy atom. The minimum Gasteiger partial charge on any atom is -0.342 e. The number of rotatable bonds is 7. The van der Waals surface area contributed by atoms with E-state index in [9.17, 15) is 19.2 Å². The summed E-state index contributed by atoms with van der Waals surface area (Å²) >= 11 is 0. The van der Waals surface area contributed by atoms with E-state index in [1.165, 1.54) is 9.80 Å². The molecule has 8 nitrogen and oxygen atoms in total. The van der Waals surface area contributed by atoms with Crippen molar-refractivity contribution in [2.45, 2.75) is 71.1 Å². The van der Waals surface area contributed by atoms with Gasteiger partial charge in [-0.05, 0) is 23.0 Å². The van der Waals surface area contributed by atoms with Crippen LogP contribution in [0.4, 0.5) is 0 Å². The SMILES string of the molecule is CC[C@H](C)[C@H]1NC(=O)[C@@H](Cc2ccccc2)N(C)C(=O)[C@@H](C(C)C)NC(=O)[C@@H](Cc2ccccc2)N(C)C1=O. The molecule has 0 aliphatic carbocycles. The summed E-state index contributed by atoms with van der Waals surface area (Å²) in [4.78, 5) is 58.2. The topological polar surface area (TPSA) is 98.8 Å². The van der Waals surface area contributed by atoms with Crippen molar-refractivity contribution in [2.24, 2.45) is 11.8 Å². The number of hydrogen-bond acceptors (Lipinski definition) is 4. The Bertz CT molecular complexity index is 1100. The van der Waals surface area contributed by atoms with Gasteiger partial charge in [0.15, 0.2) is 0 Å². The lowest BCUT2D eigenvalue weighted by atomic mass is 9.94. The second-order valence-electron chi connectivity index (χ2n) is 10.9. The van der Waals surface area contributed by atoms with E-state index in [1.807, 2.05) is 88.4 Å². The number of benzene rings is 2. The van der Waals surface area contributed by atoms with Crippen molar-refractivity contribution in [3.8, 4) is 0 Å². The molecule has 5 atom stereocenters. The van der Waals surface area contributed by atoms with E-state index in [4.69, 9.17) is 0 Å². The summed E-state index contributed by atoms with van der Waals surface area (Å²) in [5.41, 5.74) is 1.78. The van der Waals surface area contributed by atoms with Gasteiger partial charge in [-0.2, -0.15) is 0 Å². The van der Waals surface area contributed by atoms with E-state index in [0.717, 1.165) is 11.1 Å². The molecule has 0 unspecified atom stereocenters. The Morgan fingerprint density at radius 3 is 1.44 bits per heavy atom. The minimum atomic E-state index is -0.861. The highest BCUT2D eigenvalue weighted by atomic mass is 16.2. The van der Waals surface area contributed by atoms with E-state index in [0.29, 0.717) is 6.42 Å². The molecule has 2 aromatic carbocycles. The van der Waals surface area contributed by atoms with Gasteiger partial charge in [0, 0.05) is 26.9 Å². The third-order valence-corrected chi connectivity index (χ3v) is 7.79. The Morgan fingerprint density at radius 1 is 0.667 bits per heavy atom. The first-order valence-corrected chi connectivity index (χ1v) is 13.8. The van der Waals surface area contributed by atoms with Crippen LogP contribution in [0.15, 0.2) is 60.7 Å². The van der Waals surface area contributed by atoms with Gasteiger partial charge >= 0.3 is 0 Å². The first-order valence-electron chi connectivity index (χ1n) is 13.8. The zero-order chi connectivity index (χ0) is 28.7. The molecule has 1 saturated heterocycles. The highest BCUT2D eigenvalue weighted by molar-refractivity contribution is 5.97. The fourth-order valence-electron chi connectivity index (χ4n) is 4.93. The lowest BCUT2D eigenvalue weighted by molar-refractivity contribution is -0.148. The molecule has 3 rings (SSSR count). The molecular formula is C31H42N4O4. The van der Waals surface area contributed by atoms with Gasteiger partial charge in [0.2, 0.25) is 23.6 Å². The maximum atomic E-state index is 13.9. The molecule has 210 valence electrons. The first kappa shape index (κ1) is 29.9. The number of amides is 4. The summed E-state index contributed by atoms with van der Waals surface area (Å²) in [6, 6.07) is 15.5. The molecule has 1 heterocycles. The quantitative estimate of drug-likeness (QED) is 0.571. The lowest BCUT2D eigenvalue weighted by Gasteiger charge is -2.38. The minimum absolute atomic E-state index is 0.186. The smallest absolute Gasteiger partial charge is 0.245 e. The van der Waals surface area contributed by atoms with Crippen LogP contribution in [0.5, 0.6) is 0 Å². The zero-order valence-corrected chi connectivity index (χ0v) is 23.9. The number of hydrogen-bond donors (Lipinski definition) is 2. The second-order valence-corrected chi connectivity index (χ2v) is 10.9. The molecule has 2 aromatic rings. The van der Waals surface area contributed by atoms with Crippen molar-refractivity contribution < 1.29 is 19.2 Å². The first-order chi connectivity index (χ1) is 18.5. The summed E-state index contributed by atoms with van der Waals surface area (Å²) in [6.07, 6.45) is 1.21. The molecular weight excluding hydrogens is 492 g/mol. The molecule has 1 fully saturated rings. The van der Waals surface area contributed by atoms with Crippen molar-refractivity contribution in [1.29, 1.82) is 0 Å². The van der Waals surface area contributed by atoms with Gasteiger partial charge < -0.3 is 20.4 Å². The number of carbonyl (C=O) groups is 4. The van der Waals surface area contributed by atoms with E-state index in [2.05, 4.69) is 10.6 Å². The van der Waals surface area contributed by atoms with E-state index in [-0.39, 0.29) is 36.5 Å². The van der Waals surface area contributed by atoms with Gasteiger partial charge in [0.25, 0.3) is 0 Å². The van der Waals surface area contributed by atoms with Crippen molar-refractivity contribution >= 4 is 23.6 Å². The van der Waals surface area contributed by atoms with Crippen LogP contribution in [0.1, 0.15) is 45.2 Å². The van der Waals surface area contributed by atoms with Crippen LogP contribution in [-0.2, 0) is 32.0 Å². The molecule has 2 N–H and O–H groups in total. The van der Waals surface area contributed by atoms with Gasteiger partial charge in [0.05, 0.1) is 0 Å². The summed E-state index contributed by atoms with van der Waals surface area (Å²) in [7, 11) is 3.19. The van der Waals surface area contributed by atoms with Crippen molar-refractivity contribution in [1.82, 2.24) is 20.4 Å². The Labute approximate surface area is 232 Å². The number of carbonyl (C=O) groups excluding carboxylic acids is 4. The van der Waals surface area contributed by atoms with Crippen LogP contribution in [0.25, 0.3) is 0 Å². The molecule has 39 heavy (non-hydrogen) atoms. The third-order valence-electron chi connectivity index (χ3n) is 7.79. The summed E-state index contributed by atoms with van der Waals surface area (Å²) in [6.45, 7) is 7.58. The maximum absolute atomic E-state index is 13.9. The van der Waals surface area contributed by atoms with Gasteiger partial charge in [-0.1, -0.05) is 94.8 Å². The summed E-state index contributed by atoms with van der Waals surface area (Å²) in [5.74, 6) is -1.89. The van der Waals surface area contributed by atoms with Crippen LogP contribution >= 0.6 is 0 Å². The Hall–Kier alpha value is -3.68. The lowest BCUT2D eigenvalue weighted by Crippen LogP contribution is -2.64. The molecule has 0 radical (unpaired) electrons. The molecule has 8 heteroatoms. The Balaban J connectivity index is 2.08. The van der Waals surface area contributed by atoms with Crippen molar-refractivity contribution in [3.05, 3.63) is 71.8 Å². The third kappa shape index (κ3) is 7.25. The molecule has 0 saturated carbocycles. The molecule has 0 bridgehead atoms. The summed E-state index contributed by atoms with van der Waals surface area (Å²) < 4.78 is 0. The standard InChI is InChI=1S/C31H42N4O4/c1-7-21(4)27-31(39)35(6)24(18-22-14-10-8-11-15-22)28(36)32-26(20(2)3)30(38)34(5)25(29(37)33-27)19-23-16-12-9-13-17-23/h8-17,20-21,24-27H,7,18-19H2,1-6H3,(H,32,36)(H,33,37)/t21-,24+,25+,26+,27+/m0/s1. The highest BCUT2D eigenvalue weighted by Crippen LogP contribution is 2.19. The molecule has 1 aliphatic rings. The van der Waals surface area contributed by atoms with Crippen LogP contribution in [0, 0.1) is 11.8 Å².